The molecule has 0 aliphatic carbocycles. The fourth-order valence-electron chi connectivity index (χ4n) is 1.85. The third kappa shape index (κ3) is 2.91. The van der Waals surface area contributed by atoms with Crippen molar-refractivity contribution in [3.63, 3.8) is 0 Å². The first-order valence-corrected chi connectivity index (χ1v) is 6.12. The van der Waals surface area contributed by atoms with Crippen molar-refractivity contribution in [1.29, 1.82) is 0 Å². The maximum Gasteiger partial charge on any atom is 0.265 e. The van der Waals surface area contributed by atoms with Crippen LogP contribution in [0.25, 0.3) is 4.85 Å². The van der Waals surface area contributed by atoms with Gasteiger partial charge in [0, 0.05) is 6.54 Å². The van der Waals surface area contributed by atoms with Crippen molar-refractivity contribution >= 4 is 23.2 Å². The van der Waals surface area contributed by atoms with E-state index in [2.05, 4.69) is 10.2 Å². The molecular formula is C12H12Cl2N2O. The Morgan fingerprint density at radius 1 is 1.35 bits per heavy atom. The molecule has 1 aromatic carbocycles. The summed E-state index contributed by atoms with van der Waals surface area (Å²) in [5.74, 6) is 0. The van der Waals surface area contributed by atoms with E-state index in [1.165, 1.54) is 0 Å². The predicted molar refractivity (Wildman–Crippen MR) is 68.4 cm³/mol. The zero-order chi connectivity index (χ0) is 12.3. The third-order valence-electron chi connectivity index (χ3n) is 2.72. The molecule has 2 atom stereocenters. The third-order valence-corrected chi connectivity index (χ3v) is 3.46. The largest absolute Gasteiger partial charge is 0.364 e. The smallest absolute Gasteiger partial charge is 0.265 e. The zero-order valence-corrected chi connectivity index (χ0v) is 10.6. The lowest BCUT2D eigenvalue weighted by Crippen LogP contribution is -2.26. The standard InChI is InChI=1S/C12H12Cl2N2O/c1-15-11-7-16-4-5-17-12(11)8-2-3-9(13)10(14)6-8/h2-3,6,11-12,16H,4-5,7H2/t11-,12+/m1/s1. The van der Waals surface area contributed by atoms with Crippen LogP contribution in [0.5, 0.6) is 0 Å². The Balaban J connectivity index is 2.29. The first-order chi connectivity index (χ1) is 8.22. The lowest BCUT2D eigenvalue weighted by atomic mass is 10.0. The quantitative estimate of drug-likeness (QED) is 0.794. The second-order valence-corrected chi connectivity index (χ2v) is 4.68. The minimum Gasteiger partial charge on any atom is -0.364 e. The van der Waals surface area contributed by atoms with Gasteiger partial charge in [0.15, 0.2) is 6.10 Å². The fourth-order valence-corrected chi connectivity index (χ4v) is 2.15. The molecule has 5 heteroatoms. The van der Waals surface area contributed by atoms with Crippen molar-refractivity contribution < 1.29 is 4.74 Å². The van der Waals surface area contributed by atoms with Gasteiger partial charge in [-0.3, -0.25) is 0 Å². The van der Waals surface area contributed by atoms with Crippen LogP contribution >= 0.6 is 23.2 Å². The number of nitrogens with one attached hydrogen (secondary N) is 1. The molecular weight excluding hydrogens is 259 g/mol. The maximum atomic E-state index is 7.22. The fraction of sp³-hybridized carbons (Fsp3) is 0.417. The maximum absolute atomic E-state index is 7.22. The van der Waals surface area contributed by atoms with E-state index in [1.807, 2.05) is 6.07 Å². The summed E-state index contributed by atoms with van der Waals surface area (Å²) < 4.78 is 5.71. The minimum absolute atomic E-state index is 0.227. The molecule has 1 N–H and O–H groups in total. The molecule has 3 nitrogen and oxygen atoms in total. The van der Waals surface area contributed by atoms with Gasteiger partial charge in [-0.1, -0.05) is 29.3 Å². The van der Waals surface area contributed by atoms with Gasteiger partial charge in [0.05, 0.1) is 23.2 Å². The summed E-state index contributed by atoms with van der Waals surface area (Å²) in [6.07, 6.45) is -0.239. The Labute approximate surface area is 110 Å². The van der Waals surface area contributed by atoms with E-state index in [-0.39, 0.29) is 12.1 Å². The molecule has 90 valence electrons. The van der Waals surface area contributed by atoms with Crippen molar-refractivity contribution in [2.75, 3.05) is 19.7 Å². The molecule has 17 heavy (non-hydrogen) atoms. The molecule has 0 bridgehead atoms. The van der Waals surface area contributed by atoms with E-state index in [4.69, 9.17) is 34.5 Å². The van der Waals surface area contributed by atoms with Crippen LogP contribution in [0.15, 0.2) is 18.2 Å². The van der Waals surface area contributed by atoms with Gasteiger partial charge >= 0.3 is 0 Å². The molecule has 1 heterocycles. The highest BCUT2D eigenvalue weighted by molar-refractivity contribution is 6.42. The van der Waals surface area contributed by atoms with Gasteiger partial charge in [-0.05, 0) is 17.7 Å². The van der Waals surface area contributed by atoms with Gasteiger partial charge in [0.2, 0.25) is 0 Å². The summed E-state index contributed by atoms with van der Waals surface area (Å²) in [7, 11) is 0. The van der Waals surface area contributed by atoms with Crippen LogP contribution in [-0.4, -0.2) is 25.7 Å². The average Bonchev–Trinajstić information content (AvgIpc) is 2.57. The molecule has 0 amide bonds. The molecule has 2 rings (SSSR count). The van der Waals surface area contributed by atoms with Crippen LogP contribution in [0.2, 0.25) is 10.0 Å². The normalized spacial score (nSPS) is 25.0. The van der Waals surface area contributed by atoms with E-state index in [9.17, 15) is 0 Å². The summed E-state index contributed by atoms with van der Waals surface area (Å²) in [6.45, 7) is 9.21. The monoisotopic (exact) mass is 270 g/mol. The van der Waals surface area contributed by atoms with E-state index in [0.29, 0.717) is 23.2 Å². The van der Waals surface area contributed by atoms with Gasteiger partial charge in [-0.25, -0.2) is 6.57 Å². The first kappa shape index (κ1) is 12.7. The van der Waals surface area contributed by atoms with Crippen LogP contribution in [0, 0.1) is 6.57 Å². The number of ether oxygens (including phenoxy) is 1. The van der Waals surface area contributed by atoms with E-state index in [0.717, 1.165) is 12.1 Å². The number of benzene rings is 1. The molecule has 0 unspecified atom stereocenters. The number of rotatable bonds is 1. The minimum atomic E-state index is -0.239. The highest BCUT2D eigenvalue weighted by atomic mass is 35.5. The molecule has 1 aromatic rings. The predicted octanol–water partition coefficient (Wildman–Crippen LogP) is 2.94. The van der Waals surface area contributed by atoms with Crippen LogP contribution < -0.4 is 5.32 Å². The van der Waals surface area contributed by atoms with E-state index in [1.54, 1.807) is 12.1 Å². The molecule has 1 aliphatic heterocycles. The van der Waals surface area contributed by atoms with Crippen molar-refractivity contribution in [2.24, 2.45) is 0 Å². The van der Waals surface area contributed by atoms with E-state index < -0.39 is 0 Å². The Morgan fingerprint density at radius 3 is 2.88 bits per heavy atom. The lowest BCUT2D eigenvalue weighted by molar-refractivity contribution is 0.0605. The molecule has 1 fully saturated rings. The molecule has 0 radical (unpaired) electrons. The molecule has 0 spiro atoms. The van der Waals surface area contributed by atoms with Gasteiger partial charge < -0.3 is 14.9 Å². The van der Waals surface area contributed by atoms with Crippen molar-refractivity contribution in [2.45, 2.75) is 12.1 Å². The van der Waals surface area contributed by atoms with Gasteiger partial charge in [-0.2, -0.15) is 0 Å². The average molecular weight is 271 g/mol. The number of hydrogen-bond acceptors (Lipinski definition) is 2. The second kappa shape index (κ2) is 5.70. The molecule has 1 saturated heterocycles. The zero-order valence-electron chi connectivity index (χ0n) is 9.12. The summed E-state index contributed by atoms with van der Waals surface area (Å²) in [5, 5.41) is 4.19. The second-order valence-electron chi connectivity index (χ2n) is 3.87. The summed E-state index contributed by atoms with van der Waals surface area (Å²) >= 11 is 11.9. The molecule has 0 aromatic heterocycles. The van der Waals surface area contributed by atoms with Gasteiger partial charge in [0.1, 0.15) is 0 Å². The highest BCUT2D eigenvalue weighted by Crippen LogP contribution is 2.30. The van der Waals surface area contributed by atoms with Crippen molar-refractivity contribution in [3.8, 4) is 0 Å². The molecule has 1 aliphatic rings. The van der Waals surface area contributed by atoms with E-state index >= 15 is 0 Å². The Kier molecular flexibility index (Phi) is 4.25. The number of hydrogen-bond donors (Lipinski definition) is 1. The summed E-state index contributed by atoms with van der Waals surface area (Å²) in [6, 6.07) is 5.15. The molecule has 0 saturated carbocycles. The Bertz CT molecular complexity index is 445. The topological polar surface area (TPSA) is 25.6 Å². The van der Waals surface area contributed by atoms with Crippen molar-refractivity contribution in [3.05, 3.63) is 45.2 Å². The van der Waals surface area contributed by atoms with Crippen LogP contribution in [-0.2, 0) is 4.74 Å². The summed E-state index contributed by atoms with van der Waals surface area (Å²) in [4.78, 5) is 3.60. The van der Waals surface area contributed by atoms with Gasteiger partial charge in [-0.15, -0.1) is 0 Å². The first-order valence-electron chi connectivity index (χ1n) is 5.36. The highest BCUT2D eigenvalue weighted by Gasteiger charge is 2.30. The SMILES string of the molecule is [C-]#[N+][C@@H]1CNCCO[C@H]1c1ccc(Cl)c(Cl)c1. The van der Waals surface area contributed by atoms with Gasteiger partial charge in [0.25, 0.3) is 6.04 Å². The van der Waals surface area contributed by atoms with Crippen LogP contribution in [0.3, 0.4) is 0 Å². The van der Waals surface area contributed by atoms with Crippen LogP contribution in [0.1, 0.15) is 11.7 Å². The van der Waals surface area contributed by atoms with Crippen molar-refractivity contribution in [1.82, 2.24) is 5.32 Å². The number of halogens is 2. The lowest BCUT2D eigenvalue weighted by Gasteiger charge is -2.16. The number of nitrogens with zero attached hydrogens (tertiary/aromatic N) is 1. The Morgan fingerprint density at radius 2 is 2.18 bits per heavy atom. The summed E-state index contributed by atoms with van der Waals surface area (Å²) in [5.41, 5.74) is 0.907. The van der Waals surface area contributed by atoms with Crippen LogP contribution in [0.4, 0.5) is 0 Å². The Hall–Kier alpha value is -0.790.